The fourth-order valence-corrected chi connectivity index (χ4v) is 3.32. The van der Waals surface area contributed by atoms with Crippen LogP contribution < -0.4 is 14.8 Å². The highest BCUT2D eigenvalue weighted by atomic mass is 127. The maximum atomic E-state index is 12.0. The first-order valence-electron chi connectivity index (χ1n) is 10.6. The molecule has 1 heterocycles. The Hall–Kier alpha value is -1.71. The van der Waals surface area contributed by atoms with Crippen LogP contribution in [0, 0.1) is 5.92 Å². The van der Waals surface area contributed by atoms with Crippen LogP contribution in [0.3, 0.4) is 0 Å². The van der Waals surface area contributed by atoms with E-state index in [1.54, 1.807) is 7.11 Å². The molecule has 0 spiro atoms. The van der Waals surface area contributed by atoms with Crippen LogP contribution in [-0.4, -0.2) is 56.8 Å². The molecule has 0 aliphatic carbocycles. The van der Waals surface area contributed by atoms with Gasteiger partial charge in [-0.3, -0.25) is 4.79 Å². The minimum atomic E-state index is -0.0773. The number of carbonyl (C=O) groups is 1. The summed E-state index contributed by atoms with van der Waals surface area (Å²) < 4.78 is 16.3. The summed E-state index contributed by atoms with van der Waals surface area (Å²) in [5, 5.41) is 3.36. The number of methoxy groups -OCH3 is 1. The summed E-state index contributed by atoms with van der Waals surface area (Å²) in [6.07, 6.45) is 2.54. The van der Waals surface area contributed by atoms with E-state index in [-0.39, 0.29) is 35.9 Å². The number of esters is 1. The van der Waals surface area contributed by atoms with Crippen LogP contribution in [0.15, 0.2) is 23.2 Å². The lowest BCUT2D eigenvalue weighted by molar-refractivity contribution is -0.149. The van der Waals surface area contributed by atoms with E-state index < -0.39 is 0 Å². The maximum absolute atomic E-state index is 12.0. The van der Waals surface area contributed by atoms with Crippen molar-refractivity contribution in [1.29, 1.82) is 0 Å². The van der Waals surface area contributed by atoms with Gasteiger partial charge < -0.3 is 24.4 Å². The largest absolute Gasteiger partial charge is 0.493 e. The van der Waals surface area contributed by atoms with Gasteiger partial charge in [0.2, 0.25) is 0 Å². The molecule has 170 valence electrons. The van der Waals surface area contributed by atoms with Gasteiger partial charge >= 0.3 is 5.97 Å². The molecule has 0 radical (unpaired) electrons. The van der Waals surface area contributed by atoms with Crippen molar-refractivity contribution in [1.82, 2.24) is 10.2 Å². The number of hydrogen-bond donors (Lipinski definition) is 1. The molecule has 0 saturated carbocycles. The van der Waals surface area contributed by atoms with Crippen LogP contribution in [0.25, 0.3) is 0 Å². The van der Waals surface area contributed by atoms with Gasteiger partial charge in [0.25, 0.3) is 0 Å². The zero-order valence-electron chi connectivity index (χ0n) is 18.6. The summed E-state index contributed by atoms with van der Waals surface area (Å²) in [5.74, 6) is 2.28. The van der Waals surface area contributed by atoms with Crippen LogP contribution in [0.2, 0.25) is 0 Å². The van der Waals surface area contributed by atoms with E-state index in [2.05, 4.69) is 24.1 Å². The van der Waals surface area contributed by atoms with Crippen molar-refractivity contribution in [2.45, 2.75) is 46.6 Å². The molecule has 0 unspecified atom stereocenters. The monoisotopic (exact) mass is 533 g/mol. The summed E-state index contributed by atoms with van der Waals surface area (Å²) in [4.78, 5) is 19.0. The molecule has 0 atom stereocenters. The Bertz CT molecular complexity index is 676. The van der Waals surface area contributed by atoms with Gasteiger partial charge in [-0.1, -0.05) is 13.0 Å². The molecular weight excluding hydrogens is 497 g/mol. The molecule has 1 aromatic carbocycles. The van der Waals surface area contributed by atoms with E-state index in [0.717, 1.165) is 61.9 Å². The summed E-state index contributed by atoms with van der Waals surface area (Å²) >= 11 is 0. The Labute approximate surface area is 197 Å². The van der Waals surface area contributed by atoms with Gasteiger partial charge in [0.05, 0.1) is 32.8 Å². The van der Waals surface area contributed by atoms with E-state index in [1.807, 2.05) is 25.1 Å². The Kier molecular flexibility index (Phi) is 12.6. The Morgan fingerprint density at radius 3 is 2.53 bits per heavy atom. The highest BCUT2D eigenvalue weighted by Crippen LogP contribution is 2.28. The number of piperidine rings is 1. The highest BCUT2D eigenvalue weighted by Gasteiger charge is 2.27. The number of hydrogen-bond acceptors (Lipinski definition) is 5. The molecule has 0 amide bonds. The van der Waals surface area contributed by atoms with Gasteiger partial charge in [-0.15, -0.1) is 24.0 Å². The number of rotatable bonds is 9. The number of nitrogens with one attached hydrogen (secondary N) is 1. The van der Waals surface area contributed by atoms with Crippen molar-refractivity contribution < 1.29 is 19.0 Å². The number of benzene rings is 1. The number of halogens is 1. The van der Waals surface area contributed by atoms with Crippen LogP contribution in [-0.2, 0) is 16.1 Å². The predicted molar refractivity (Wildman–Crippen MR) is 130 cm³/mol. The molecule has 0 bridgehead atoms. The number of ether oxygens (including phenoxy) is 3. The smallest absolute Gasteiger partial charge is 0.309 e. The first kappa shape index (κ1) is 26.3. The van der Waals surface area contributed by atoms with Crippen LogP contribution in [0.4, 0.5) is 0 Å². The molecular formula is C22H36IN3O4. The fraction of sp³-hybridized carbons (Fsp3) is 0.636. The van der Waals surface area contributed by atoms with Crippen molar-refractivity contribution >= 4 is 35.9 Å². The second-order valence-electron chi connectivity index (χ2n) is 7.02. The number of aliphatic imine (C=N–C) groups is 1. The molecule has 1 fully saturated rings. The van der Waals surface area contributed by atoms with Gasteiger partial charge in [-0.2, -0.15) is 0 Å². The Morgan fingerprint density at radius 2 is 1.93 bits per heavy atom. The molecule has 1 aliphatic heterocycles. The normalized spacial score (nSPS) is 14.7. The van der Waals surface area contributed by atoms with Crippen molar-refractivity contribution in [3.8, 4) is 11.5 Å². The second kappa shape index (κ2) is 14.3. The second-order valence-corrected chi connectivity index (χ2v) is 7.02. The van der Waals surface area contributed by atoms with E-state index in [0.29, 0.717) is 19.8 Å². The topological polar surface area (TPSA) is 72.4 Å². The molecule has 30 heavy (non-hydrogen) atoms. The third-order valence-electron chi connectivity index (χ3n) is 4.85. The van der Waals surface area contributed by atoms with Gasteiger partial charge in [-0.05, 0) is 50.8 Å². The molecule has 2 rings (SSSR count). The minimum absolute atomic E-state index is 0. The van der Waals surface area contributed by atoms with E-state index in [1.165, 1.54) is 0 Å². The molecule has 1 aliphatic rings. The number of carbonyl (C=O) groups excluding carboxylic acids is 1. The van der Waals surface area contributed by atoms with Crippen LogP contribution >= 0.6 is 24.0 Å². The molecule has 7 nitrogen and oxygen atoms in total. The first-order valence-corrected chi connectivity index (χ1v) is 10.6. The predicted octanol–water partition coefficient (Wildman–Crippen LogP) is 3.84. The van der Waals surface area contributed by atoms with Crippen molar-refractivity contribution in [3.05, 3.63) is 23.8 Å². The lowest BCUT2D eigenvalue weighted by Crippen LogP contribution is -2.46. The zero-order valence-corrected chi connectivity index (χ0v) is 20.9. The fourth-order valence-electron chi connectivity index (χ4n) is 3.32. The van der Waals surface area contributed by atoms with Crippen molar-refractivity contribution in [3.63, 3.8) is 0 Å². The SMILES string of the molecule is CCCOc1ccc(CN=C(NCC)N2CCC(C(=O)OCC)CC2)cc1OC.I. The Balaban J connectivity index is 0.00000450. The highest BCUT2D eigenvalue weighted by molar-refractivity contribution is 14.0. The van der Waals surface area contributed by atoms with Crippen LogP contribution in [0.5, 0.6) is 11.5 Å². The summed E-state index contributed by atoms with van der Waals surface area (Å²) in [6.45, 7) is 10.0. The maximum Gasteiger partial charge on any atom is 0.309 e. The van der Waals surface area contributed by atoms with Gasteiger partial charge in [-0.25, -0.2) is 4.99 Å². The number of nitrogens with zero attached hydrogens (tertiary/aromatic N) is 2. The third kappa shape index (κ3) is 7.85. The molecule has 1 N–H and O–H groups in total. The Morgan fingerprint density at radius 1 is 1.20 bits per heavy atom. The molecule has 8 heteroatoms. The van der Waals surface area contributed by atoms with E-state index in [4.69, 9.17) is 19.2 Å². The summed E-state index contributed by atoms with van der Waals surface area (Å²) in [5.41, 5.74) is 1.06. The average molecular weight is 533 g/mol. The van der Waals surface area contributed by atoms with Gasteiger partial charge in [0, 0.05) is 19.6 Å². The lowest BCUT2D eigenvalue weighted by atomic mass is 9.97. The van der Waals surface area contributed by atoms with E-state index in [9.17, 15) is 4.79 Å². The van der Waals surface area contributed by atoms with Crippen molar-refractivity contribution in [2.75, 3.05) is 40.0 Å². The first-order chi connectivity index (χ1) is 14.1. The average Bonchev–Trinajstić information content (AvgIpc) is 2.75. The molecule has 0 aromatic heterocycles. The number of guanidine groups is 1. The summed E-state index contributed by atoms with van der Waals surface area (Å²) in [7, 11) is 1.65. The quantitative estimate of drug-likeness (QED) is 0.225. The van der Waals surface area contributed by atoms with Crippen LogP contribution in [0.1, 0.15) is 45.6 Å². The van der Waals surface area contributed by atoms with Gasteiger partial charge in [0.1, 0.15) is 0 Å². The standard InChI is InChI=1S/C22H35N3O4.HI/c1-5-14-29-19-9-8-17(15-20(19)27-4)16-24-22(23-6-2)25-12-10-18(11-13-25)21(26)28-7-3;/h8-9,15,18H,5-7,10-14,16H2,1-4H3,(H,23,24);1H. The molecule has 1 aromatic rings. The minimum Gasteiger partial charge on any atom is -0.493 e. The van der Waals surface area contributed by atoms with E-state index >= 15 is 0 Å². The number of likely N-dealkylation sites (tertiary alicyclic amines) is 1. The third-order valence-corrected chi connectivity index (χ3v) is 4.85. The van der Waals surface area contributed by atoms with Gasteiger partial charge in [0.15, 0.2) is 17.5 Å². The lowest BCUT2D eigenvalue weighted by Gasteiger charge is -2.33. The zero-order chi connectivity index (χ0) is 21.1. The van der Waals surface area contributed by atoms with Crippen molar-refractivity contribution in [2.24, 2.45) is 10.9 Å². The summed E-state index contributed by atoms with van der Waals surface area (Å²) in [6, 6.07) is 5.94. The molecule has 1 saturated heterocycles.